The number of fused-ring (bicyclic) bond motifs is 1. The number of halogens is 3. The highest BCUT2D eigenvalue weighted by Gasteiger charge is 2.32. The fourth-order valence-corrected chi connectivity index (χ4v) is 4.70. The molecule has 1 aromatic heterocycles. The van der Waals surface area contributed by atoms with Crippen molar-refractivity contribution in [3.05, 3.63) is 35.5 Å². The van der Waals surface area contributed by atoms with Gasteiger partial charge in [-0.2, -0.15) is 4.98 Å². The van der Waals surface area contributed by atoms with E-state index >= 15 is 0 Å². The van der Waals surface area contributed by atoms with E-state index in [-0.39, 0.29) is 17.8 Å². The van der Waals surface area contributed by atoms with Crippen LogP contribution in [0.15, 0.2) is 24.3 Å². The molecule has 2 amide bonds. The number of carbonyl (C=O) groups excluding carboxylic acids is 1. The number of aryl methyl sites for hydroxylation is 1. The number of urea groups is 1. The van der Waals surface area contributed by atoms with Gasteiger partial charge in [-0.25, -0.2) is 9.78 Å². The summed E-state index contributed by atoms with van der Waals surface area (Å²) in [6.45, 7) is 0. The Balaban J connectivity index is 1.30. The predicted molar refractivity (Wildman–Crippen MR) is 128 cm³/mol. The molecule has 0 aliphatic heterocycles. The topological polar surface area (TPSA) is 91.4 Å². The molecule has 8 nitrogen and oxygen atoms in total. The van der Waals surface area contributed by atoms with E-state index in [1.54, 1.807) is 0 Å². The standard InChI is InChI=1S/C24H31F3N6O2/c1-33(2)21-17-7-3-4-8-18(17)30-22(32-21)28-15-11-13-16(14-12-15)29-23(34)31-19-9-5-6-10-20(19)35-24(25,26)27/h5-6,9-10,15-16H,3-4,7-8,11-14H2,1-2H3,(H,28,30,32)(H2,29,31,34)/t15-,16+. The van der Waals surface area contributed by atoms with Gasteiger partial charge in [0.05, 0.1) is 11.4 Å². The molecule has 2 aliphatic carbocycles. The number of rotatable bonds is 6. The SMILES string of the molecule is CN(C)c1nc(N[C@H]2CC[C@@H](NC(=O)Nc3ccccc3OC(F)(F)F)CC2)nc2c1CCCC2. The van der Waals surface area contributed by atoms with E-state index < -0.39 is 18.1 Å². The first-order chi connectivity index (χ1) is 16.7. The molecule has 35 heavy (non-hydrogen) atoms. The lowest BCUT2D eigenvalue weighted by molar-refractivity contribution is -0.274. The monoisotopic (exact) mass is 492 g/mol. The molecule has 1 saturated carbocycles. The molecular formula is C24H31F3N6O2. The molecule has 0 bridgehead atoms. The summed E-state index contributed by atoms with van der Waals surface area (Å²) in [6.07, 6.45) is 2.54. The third-order valence-electron chi connectivity index (χ3n) is 6.34. The minimum Gasteiger partial charge on any atom is -0.404 e. The molecule has 11 heteroatoms. The molecule has 3 N–H and O–H groups in total. The number of para-hydroxylation sites is 2. The van der Waals surface area contributed by atoms with Crippen molar-refractivity contribution in [2.24, 2.45) is 0 Å². The lowest BCUT2D eigenvalue weighted by Crippen LogP contribution is -2.42. The smallest absolute Gasteiger partial charge is 0.404 e. The zero-order valence-electron chi connectivity index (χ0n) is 19.9. The van der Waals surface area contributed by atoms with Crippen molar-refractivity contribution in [1.29, 1.82) is 0 Å². The highest BCUT2D eigenvalue weighted by atomic mass is 19.4. The minimum atomic E-state index is -4.84. The first-order valence-electron chi connectivity index (χ1n) is 11.9. The van der Waals surface area contributed by atoms with E-state index in [0.29, 0.717) is 5.95 Å². The summed E-state index contributed by atoms with van der Waals surface area (Å²) in [5.74, 6) is 1.16. The molecule has 0 atom stereocenters. The normalized spacial score (nSPS) is 19.9. The fraction of sp³-hybridized carbons (Fsp3) is 0.542. The first kappa shape index (κ1) is 24.9. The van der Waals surface area contributed by atoms with E-state index in [1.165, 1.54) is 23.8 Å². The number of nitrogens with zero attached hydrogens (tertiary/aromatic N) is 3. The summed E-state index contributed by atoms with van der Waals surface area (Å²) in [5.41, 5.74) is 2.33. The fourth-order valence-electron chi connectivity index (χ4n) is 4.70. The highest BCUT2D eigenvalue weighted by molar-refractivity contribution is 5.91. The van der Waals surface area contributed by atoms with Crippen LogP contribution in [0.2, 0.25) is 0 Å². The molecule has 1 heterocycles. The summed E-state index contributed by atoms with van der Waals surface area (Å²) < 4.78 is 41.8. The number of hydrogen-bond donors (Lipinski definition) is 3. The van der Waals surface area contributed by atoms with E-state index in [9.17, 15) is 18.0 Å². The van der Waals surface area contributed by atoms with Gasteiger partial charge in [0, 0.05) is 31.7 Å². The minimum absolute atomic E-state index is 0.0427. The van der Waals surface area contributed by atoms with Crippen molar-refractivity contribution in [2.45, 2.75) is 69.8 Å². The number of aromatic nitrogens is 2. The zero-order valence-corrected chi connectivity index (χ0v) is 19.9. The summed E-state index contributed by atoms with van der Waals surface area (Å²) >= 11 is 0. The number of anilines is 3. The second-order valence-electron chi connectivity index (χ2n) is 9.23. The van der Waals surface area contributed by atoms with Gasteiger partial charge in [-0.05, 0) is 63.5 Å². The quantitative estimate of drug-likeness (QED) is 0.533. The molecule has 2 aliphatic rings. The van der Waals surface area contributed by atoms with Crippen molar-refractivity contribution in [3.8, 4) is 5.75 Å². The largest absolute Gasteiger partial charge is 0.573 e. The van der Waals surface area contributed by atoms with Gasteiger partial charge >= 0.3 is 12.4 Å². The van der Waals surface area contributed by atoms with Crippen molar-refractivity contribution < 1.29 is 22.7 Å². The number of hydrogen-bond acceptors (Lipinski definition) is 6. The number of benzene rings is 1. The Morgan fingerprint density at radius 1 is 1.03 bits per heavy atom. The zero-order chi connectivity index (χ0) is 25.0. The summed E-state index contributed by atoms with van der Waals surface area (Å²) in [7, 11) is 3.99. The second-order valence-corrected chi connectivity index (χ2v) is 9.23. The van der Waals surface area contributed by atoms with E-state index in [0.717, 1.165) is 68.9 Å². The van der Waals surface area contributed by atoms with Gasteiger partial charge in [0.1, 0.15) is 5.82 Å². The molecular weight excluding hydrogens is 461 g/mol. The molecule has 2 aromatic rings. The lowest BCUT2D eigenvalue weighted by Gasteiger charge is -2.30. The van der Waals surface area contributed by atoms with Crippen LogP contribution in [-0.4, -0.2) is 48.5 Å². The Bertz CT molecular complexity index is 1040. The lowest BCUT2D eigenvalue weighted by atomic mass is 9.91. The average Bonchev–Trinajstić information content (AvgIpc) is 2.80. The van der Waals surface area contributed by atoms with Gasteiger partial charge in [0.15, 0.2) is 5.75 Å². The van der Waals surface area contributed by atoms with Crippen LogP contribution in [0.1, 0.15) is 49.8 Å². The molecule has 1 fully saturated rings. The van der Waals surface area contributed by atoms with Crippen LogP contribution >= 0.6 is 0 Å². The summed E-state index contributed by atoms with van der Waals surface area (Å²) in [4.78, 5) is 24.0. The Morgan fingerprint density at radius 3 is 2.43 bits per heavy atom. The molecule has 4 rings (SSSR count). The van der Waals surface area contributed by atoms with Gasteiger partial charge in [0.2, 0.25) is 5.95 Å². The average molecular weight is 493 g/mol. The number of carbonyl (C=O) groups is 1. The molecule has 0 unspecified atom stereocenters. The van der Waals surface area contributed by atoms with Crippen LogP contribution in [0.4, 0.5) is 35.4 Å². The third-order valence-corrected chi connectivity index (χ3v) is 6.34. The number of ether oxygens (including phenoxy) is 1. The predicted octanol–water partition coefficient (Wildman–Crippen LogP) is 4.86. The van der Waals surface area contributed by atoms with E-state index in [1.807, 2.05) is 19.0 Å². The van der Waals surface area contributed by atoms with Crippen molar-refractivity contribution in [2.75, 3.05) is 29.6 Å². The Hall–Kier alpha value is -3.24. The van der Waals surface area contributed by atoms with E-state index in [4.69, 9.17) is 9.97 Å². The van der Waals surface area contributed by atoms with Crippen molar-refractivity contribution in [3.63, 3.8) is 0 Å². The Morgan fingerprint density at radius 2 is 1.71 bits per heavy atom. The maximum absolute atomic E-state index is 12.6. The first-order valence-corrected chi connectivity index (χ1v) is 11.9. The summed E-state index contributed by atoms with van der Waals surface area (Å²) in [5, 5.41) is 8.78. The van der Waals surface area contributed by atoms with Crippen LogP contribution in [0.25, 0.3) is 0 Å². The van der Waals surface area contributed by atoms with Gasteiger partial charge in [0.25, 0.3) is 0 Å². The van der Waals surface area contributed by atoms with Crippen LogP contribution in [0.3, 0.4) is 0 Å². The van der Waals surface area contributed by atoms with Gasteiger partial charge in [-0.1, -0.05) is 12.1 Å². The molecule has 0 radical (unpaired) electrons. The van der Waals surface area contributed by atoms with Crippen molar-refractivity contribution in [1.82, 2.24) is 15.3 Å². The van der Waals surface area contributed by atoms with Gasteiger partial charge in [-0.15, -0.1) is 13.2 Å². The van der Waals surface area contributed by atoms with Crippen LogP contribution in [0.5, 0.6) is 5.75 Å². The van der Waals surface area contributed by atoms with Gasteiger partial charge in [-0.3, -0.25) is 0 Å². The van der Waals surface area contributed by atoms with Crippen LogP contribution in [0, 0.1) is 0 Å². The highest BCUT2D eigenvalue weighted by Crippen LogP contribution is 2.31. The summed E-state index contributed by atoms with van der Waals surface area (Å²) in [6, 6.07) is 5.01. The Labute approximate surface area is 202 Å². The van der Waals surface area contributed by atoms with E-state index in [2.05, 4.69) is 20.7 Å². The molecule has 0 saturated heterocycles. The Kier molecular flexibility index (Phi) is 7.51. The number of alkyl halides is 3. The van der Waals surface area contributed by atoms with Crippen molar-refractivity contribution >= 4 is 23.5 Å². The third kappa shape index (κ3) is 6.67. The maximum Gasteiger partial charge on any atom is 0.573 e. The van der Waals surface area contributed by atoms with Crippen LogP contribution < -0.4 is 25.6 Å². The maximum atomic E-state index is 12.6. The molecule has 0 spiro atoms. The second kappa shape index (κ2) is 10.6. The van der Waals surface area contributed by atoms with Gasteiger partial charge < -0.3 is 25.6 Å². The van der Waals surface area contributed by atoms with Crippen LogP contribution in [-0.2, 0) is 12.8 Å². The molecule has 190 valence electrons. The number of nitrogens with one attached hydrogen (secondary N) is 3. The number of amides is 2. The molecule has 1 aromatic carbocycles.